The van der Waals surface area contributed by atoms with Crippen molar-refractivity contribution in [1.29, 1.82) is 0 Å². The fraction of sp³-hybridized carbons (Fsp3) is 0.300. The van der Waals surface area contributed by atoms with Crippen LogP contribution >= 0.6 is 31.9 Å². The summed E-state index contributed by atoms with van der Waals surface area (Å²) in [4.78, 5) is 11.7. The monoisotopic (exact) mass is 337 g/mol. The van der Waals surface area contributed by atoms with Gasteiger partial charge in [0, 0.05) is 15.8 Å². The first-order valence-corrected chi connectivity index (χ1v) is 6.09. The molecule has 1 N–H and O–H groups in total. The molecular weight excluding hydrogens is 329 g/mol. The van der Waals surface area contributed by atoms with Crippen LogP contribution in [0.2, 0.25) is 0 Å². The van der Waals surface area contributed by atoms with E-state index in [4.69, 9.17) is 0 Å². The Kier molecular flexibility index (Phi) is 4.73. The average Bonchev–Trinajstić information content (AvgIpc) is 2.18. The van der Waals surface area contributed by atoms with Gasteiger partial charge in [0.05, 0.1) is 5.56 Å². The zero-order valence-corrected chi connectivity index (χ0v) is 11.2. The van der Waals surface area contributed by atoms with Gasteiger partial charge in [0.15, 0.2) is 0 Å². The predicted octanol–water partition coefficient (Wildman–Crippen LogP) is 3.10. The Balaban J connectivity index is 2.77. The second kappa shape index (κ2) is 5.61. The Labute approximate surface area is 105 Å². The molecule has 0 radical (unpaired) electrons. The number of amides is 1. The molecule has 1 atom stereocenters. The van der Waals surface area contributed by atoms with Crippen molar-refractivity contribution in [2.24, 2.45) is 0 Å². The summed E-state index contributed by atoms with van der Waals surface area (Å²) in [7, 11) is 0. The van der Waals surface area contributed by atoms with Crippen LogP contribution in [0.5, 0.6) is 0 Å². The normalized spacial score (nSPS) is 12.3. The maximum Gasteiger partial charge on any atom is 0.254 e. The lowest BCUT2D eigenvalue weighted by atomic mass is 10.2. The minimum absolute atomic E-state index is 0.0533. The number of carbonyl (C=O) groups is 1. The quantitative estimate of drug-likeness (QED) is 0.843. The summed E-state index contributed by atoms with van der Waals surface area (Å²) >= 11 is 6.48. The summed E-state index contributed by atoms with van der Waals surface area (Å²) < 4.78 is 13.9. The van der Waals surface area contributed by atoms with Gasteiger partial charge in [0.2, 0.25) is 0 Å². The fourth-order valence-electron chi connectivity index (χ4n) is 1.00. The van der Waals surface area contributed by atoms with Crippen LogP contribution in [0.25, 0.3) is 0 Å². The number of alkyl halides is 1. The van der Waals surface area contributed by atoms with Crippen LogP contribution in [-0.2, 0) is 0 Å². The zero-order chi connectivity index (χ0) is 11.4. The number of rotatable bonds is 3. The van der Waals surface area contributed by atoms with Crippen molar-refractivity contribution in [1.82, 2.24) is 5.32 Å². The first kappa shape index (κ1) is 12.6. The highest BCUT2D eigenvalue weighted by Crippen LogP contribution is 2.15. The van der Waals surface area contributed by atoms with Crippen molar-refractivity contribution in [3.8, 4) is 0 Å². The minimum atomic E-state index is -0.516. The molecule has 1 rings (SSSR count). The van der Waals surface area contributed by atoms with Gasteiger partial charge in [-0.25, -0.2) is 4.39 Å². The van der Waals surface area contributed by atoms with Crippen LogP contribution in [0.4, 0.5) is 4.39 Å². The van der Waals surface area contributed by atoms with E-state index in [2.05, 4.69) is 37.2 Å². The Morgan fingerprint density at radius 3 is 2.87 bits per heavy atom. The molecule has 1 aromatic rings. The number of halogens is 3. The lowest BCUT2D eigenvalue weighted by molar-refractivity contribution is 0.0950. The van der Waals surface area contributed by atoms with E-state index < -0.39 is 11.7 Å². The summed E-state index contributed by atoms with van der Waals surface area (Å²) in [5.41, 5.74) is 0.0533. The molecule has 1 aromatic carbocycles. The summed E-state index contributed by atoms with van der Waals surface area (Å²) in [6.45, 7) is 2.36. The molecule has 0 aliphatic heterocycles. The van der Waals surface area contributed by atoms with Crippen molar-refractivity contribution in [3.63, 3.8) is 0 Å². The van der Waals surface area contributed by atoms with Gasteiger partial charge in [0.1, 0.15) is 5.82 Å². The third-order valence-electron chi connectivity index (χ3n) is 1.72. The van der Waals surface area contributed by atoms with Gasteiger partial charge in [0.25, 0.3) is 5.91 Å². The van der Waals surface area contributed by atoms with E-state index in [0.717, 1.165) is 0 Å². The molecule has 0 saturated carbocycles. The van der Waals surface area contributed by atoms with Crippen molar-refractivity contribution in [3.05, 3.63) is 34.1 Å². The van der Waals surface area contributed by atoms with E-state index >= 15 is 0 Å². The molecule has 0 fully saturated rings. The maximum absolute atomic E-state index is 13.3. The largest absolute Gasteiger partial charge is 0.351 e. The second-order valence-electron chi connectivity index (χ2n) is 3.11. The molecular formula is C10H10Br2FNO. The van der Waals surface area contributed by atoms with Crippen LogP contribution in [-0.4, -0.2) is 17.3 Å². The van der Waals surface area contributed by atoms with Crippen molar-refractivity contribution in [2.75, 3.05) is 6.54 Å². The molecule has 0 aliphatic carbocycles. The summed E-state index contributed by atoms with van der Waals surface area (Å²) in [5, 5.41) is 2.62. The number of benzene rings is 1. The molecule has 0 saturated heterocycles. The minimum Gasteiger partial charge on any atom is -0.351 e. The molecule has 1 amide bonds. The molecule has 2 nitrogen and oxygen atoms in total. The van der Waals surface area contributed by atoms with Crippen molar-refractivity contribution < 1.29 is 9.18 Å². The topological polar surface area (TPSA) is 29.1 Å². The second-order valence-corrected chi connectivity index (χ2v) is 5.59. The van der Waals surface area contributed by atoms with E-state index in [9.17, 15) is 9.18 Å². The van der Waals surface area contributed by atoms with E-state index in [1.54, 1.807) is 6.07 Å². The van der Waals surface area contributed by atoms with E-state index in [0.29, 0.717) is 11.0 Å². The van der Waals surface area contributed by atoms with Crippen LogP contribution in [0.1, 0.15) is 17.3 Å². The molecule has 0 aliphatic rings. The maximum atomic E-state index is 13.3. The van der Waals surface area contributed by atoms with Gasteiger partial charge < -0.3 is 5.32 Å². The third kappa shape index (κ3) is 3.91. The Bertz CT molecular complexity index is 368. The van der Waals surface area contributed by atoms with E-state index in [1.807, 2.05) is 6.92 Å². The molecule has 0 aromatic heterocycles. The van der Waals surface area contributed by atoms with Crippen LogP contribution in [0.15, 0.2) is 22.7 Å². The first-order valence-electron chi connectivity index (χ1n) is 4.38. The molecule has 0 spiro atoms. The lowest BCUT2D eigenvalue weighted by Gasteiger charge is -2.07. The first-order chi connectivity index (χ1) is 7.00. The summed E-state index contributed by atoms with van der Waals surface area (Å²) in [6, 6.07) is 4.28. The standard InChI is InChI=1S/C10H10Br2FNO/c1-6(11)5-14-10(15)8-4-7(12)2-3-9(8)13/h2-4,6H,5H2,1H3,(H,14,15). The highest BCUT2D eigenvalue weighted by molar-refractivity contribution is 9.10. The molecule has 82 valence electrons. The number of carbonyl (C=O) groups excluding carboxylic acids is 1. The molecule has 15 heavy (non-hydrogen) atoms. The van der Waals surface area contributed by atoms with Gasteiger partial charge in [-0.15, -0.1) is 0 Å². The number of hydrogen-bond acceptors (Lipinski definition) is 1. The summed E-state index contributed by atoms with van der Waals surface area (Å²) in [6.07, 6.45) is 0. The smallest absolute Gasteiger partial charge is 0.254 e. The average molecular weight is 339 g/mol. The molecule has 5 heteroatoms. The number of hydrogen-bond donors (Lipinski definition) is 1. The predicted molar refractivity (Wildman–Crippen MR) is 64.8 cm³/mol. The highest BCUT2D eigenvalue weighted by Gasteiger charge is 2.11. The SMILES string of the molecule is CC(Br)CNC(=O)c1cc(Br)ccc1F. The Hall–Kier alpha value is -0.420. The van der Waals surface area contributed by atoms with Crippen molar-refractivity contribution in [2.45, 2.75) is 11.8 Å². The van der Waals surface area contributed by atoms with Crippen LogP contribution in [0, 0.1) is 5.82 Å². The molecule has 1 unspecified atom stereocenters. The third-order valence-corrected chi connectivity index (χ3v) is 2.53. The van der Waals surface area contributed by atoms with E-state index in [1.165, 1.54) is 12.1 Å². The zero-order valence-electron chi connectivity index (χ0n) is 8.06. The molecule has 0 heterocycles. The Morgan fingerprint density at radius 1 is 1.60 bits per heavy atom. The molecule has 0 bridgehead atoms. The van der Waals surface area contributed by atoms with Crippen LogP contribution in [0.3, 0.4) is 0 Å². The lowest BCUT2D eigenvalue weighted by Crippen LogP contribution is -2.29. The van der Waals surface area contributed by atoms with Gasteiger partial charge in [-0.05, 0) is 18.2 Å². The van der Waals surface area contributed by atoms with Gasteiger partial charge in [-0.3, -0.25) is 4.79 Å². The van der Waals surface area contributed by atoms with Gasteiger partial charge >= 0.3 is 0 Å². The number of nitrogens with one attached hydrogen (secondary N) is 1. The van der Waals surface area contributed by atoms with E-state index in [-0.39, 0.29) is 10.4 Å². The fourth-order valence-corrected chi connectivity index (χ4v) is 1.52. The summed E-state index contributed by atoms with van der Waals surface area (Å²) in [5.74, 6) is -0.918. The van der Waals surface area contributed by atoms with Crippen LogP contribution < -0.4 is 5.32 Å². The van der Waals surface area contributed by atoms with Gasteiger partial charge in [-0.1, -0.05) is 38.8 Å². The van der Waals surface area contributed by atoms with Crippen molar-refractivity contribution >= 4 is 37.8 Å². The highest BCUT2D eigenvalue weighted by atomic mass is 79.9. The van der Waals surface area contributed by atoms with Gasteiger partial charge in [-0.2, -0.15) is 0 Å². The Morgan fingerprint density at radius 2 is 2.27 bits per heavy atom.